The van der Waals surface area contributed by atoms with E-state index in [-0.39, 0.29) is 5.54 Å². The first kappa shape index (κ1) is 11.1. The molecular formula is C14H20N2O. The Balaban J connectivity index is 1.83. The number of benzene rings is 1. The zero-order valence-electron chi connectivity index (χ0n) is 10.3. The molecule has 1 heterocycles. The van der Waals surface area contributed by atoms with Crippen LogP contribution in [0.4, 0.5) is 0 Å². The smallest absolute Gasteiger partial charge is 0.115 e. The van der Waals surface area contributed by atoms with Crippen molar-refractivity contribution in [3.63, 3.8) is 0 Å². The van der Waals surface area contributed by atoms with Crippen LogP contribution >= 0.6 is 0 Å². The van der Waals surface area contributed by atoms with Gasteiger partial charge in [0.05, 0.1) is 0 Å². The van der Waals surface area contributed by atoms with Gasteiger partial charge in [-0.15, -0.1) is 0 Å². The van der Waals surface area contributed by atoms with Crippen LogP contribution in [0.2, 0.25) is 0 Å². The molecule has 0 spiro atoms. The van der Waals surface area contributed by atoms with E-state index < -0.39 is 0 Å². The quantitative estimate of drug-likeness (QED) is 0.832. The lowest BCUT2D eigenvalue weighted by Crippen LogP contribution is -2.41. The Morgan fingerprint density at radius 2 is 2.00 bits per heavy atom. The maximum absolute atomic E-state index is 9.37. The van der Waals surface area contributed by atoms with Crippen LogP contribution in [0.25, 0.3) is 0 Å². The number of hydrogen-bond donors (Lipinski definition) is 2. The third-order valence-corrected chi connectivity index (χ3v) is 4.39. The fraction of sp³-hybridized carbons (Fsp3) is 0.571. The predicted molar refractivity (Wildman–Crippen MR) is 68.1 cm³/mol. The molecule has 0 radical (unpaired) electrons. The van der Waals surface area contributed by atoms with Crippen LogP contribution in [0.3, 0.4) is 0 Å². The number of phenolic OH excluding ortho intramolecular Hbond substituents is 1. The second-order valence-electron chi connectivity index (χ2n) is 5.34. The van der Waals surface area contributed by atoms with Crippen molar-refractivity contribution >= 4 is 0 Å². The van der Waals surface area contributed by atoms with Crippen molar-refractivity contribution in [2.75, 3.05) is 20.1 Å². The van der Waals surface area contributed by atoms with Gasteiger partial charge in [0.25, 0.3) is 0 Å². The minimum Gasteiger partial charge on any atom is -0.508 e. The van der Waals surface area contributed by atoms with Crippen molar-refractivity contribution in [2.24, 2.45) is 0 Å². The van der Waals surface area contributed by atoms with E-state index in [1.54, 1.807) is 12.1 Å². The second-order valence-corrected chi connectivity index (χ2v) is 5.34. The third-order valence-electron chi connectivity index (χ3n) is 4.39. The average Bonchev–Trinajstić information content (AvgIpc) is 2.97. The highest BCUT2D eigenvalue weighted by Crippen LogP contribution is 2.51. The average molecular weight is 232 g/mol. The van der Waals surface area contributed by atoms with Crippen molar-refractivity contribution in [3.8, 4) is 5.75 Å². The Morgan fingerprint density at radius 3 is 2.53 bits per heavy atom. The highest BCUT2D eigenvalue weighted by atomic mass is 16.3. The lowest BCUT2D eigenvalue weighted by molar-refractivity contribution is 0.164. The third kappa shape index (κ3) is 1.83. The summed E-state index contributed by atoms with van der Waals surface area (Å²) in [6.07, 6.45) is 3.73. The number of hydrogen-bond acceptors (Lipinski definition) is 3. The van der Waals surface area contributed by atoms with E-state index in [1.807, 2.05) is 0 Å². The maximum Gasteiger partial charge on any atom is 0.115 e. The molecule has 2 N–H and O–H groups in total. The van der Waals surface area contributed by atoms with E-state index in [4.69, 9.17) is 0 Å². The van der Waals surface area contributed by atoms with Gasteiger partial charge in [-0.1, -0.05) is 12.1 Å². The SMILES string of the molecule is CN(C1CCNC1)C1(c2ccc(O)cc2)CC1. The van der Waals surface area contributed by atoms with Gasteiger partial charge in [0, 0.05) is 18.1 Å². The first-order valence-electron chi connectivity index (χ1n) is 6.45. The largest absolute Gasteiger partial charge is 0.508 e. The van der Waals surface area contributed by atoms with Crippen LogP contribution < -0.4 is 5.32 Å². The van der Waals surface area contributed by atoms with Gasteiger partial charge in [-0.3, -0.25) is 4.90 Å². The van der Waals surface area contributed by atoms with Crippen LogP contribution in [0.1, 0.15) is 24.8 Å². The first-order chi connectivity index (χ1) is 8.22. The summed E-state index contributed by atoms with van der Waals surface area (Å²) in [5, 5.41) is 12.8. The summed E-state index contributed by atoms with van der Waals surface area (Å²) in [5.41, 5.74) is 1.59. The topological polar surface area (TPSA) is 35.5 Å². The molecule has 1 atom stereocenters. The molecule has 1 unspecified atom stereocenters. The summed E-state index contributed by atoms with van der Waals surface area (Å²) in [6.45, 7) is 2.25. The molecule has 0 bridgehead atoms. The minimum absolute atomic E-state index is 0.240. The van der Waals surface area contributed by atoms with Gasteiger partial charge < -0.3 is 10.4 Å². The van der Waals surface area contributed by atoms with Gasteiger partial charge >= 0.3 is 0 Å². The molecule has 2 fully saturated rings. The summed E-state index contributed by atoms with van der Waals surface area (Å²) < 4.78 is 0. The van der Waals surface area contributed by atoms with Gasteiger partial charge in [0.1, 0.15) is 5.75 Å². The number of nitrogens with one attached hydrogen (secondary N) is 1. The van der Waals surface area contributed by atoms with Crippen molar-refractivity contribution < 1.29 is 5.11 Å². The predicted octanol–water partition coefficient (Wildman–Crippen LogP) is 1.67. The maximum atomic E-state index is 9.37. The molecule has 3 nitrogen and oxygen atoms in total. The minimum atomic E-state index is 0.240. The molecule has 1 aromatic rings. The van der Waals surface area contributed by atoms with Crippen LogP contribution in [0.15, 0.2) is 24.3 Å². The van der Waals surface area contributed by atoms with Gasteiger partial charge in [0.15, 0.2) is 0 Å². The van der Waals surface area contributed by atoms with E-state index in [0.29, 0.717) is 11.8 Å². The van der Waals surface area contributed by atoms with Crippen molar-refractivity contribution in [2.45, 2.75) is 30.8 Å². The Labute approximate surface area is 102 Å². The Bertz CT molecular complexity index is 391. The van der Waals surface area contributed by atoms with E-state index in [9.17, 15) is 5.11 Å². The summed E-state index contributed by atoms with van der Waals surface area (Å²) in [7, 11) is 2.25. The normalized spacial score (nSPS) is 26.4. The van der Waals surface area contributed by atoms with Gasteiger partial charge in [-0.25, -0.2) is 0 Å². The highest BCUT2D eigenvalue weighted by Gasteiger charge is 2.50. The molecule has 0 aromatic heterocycles. The molecule has 1 saturated carbocycles. The molecule has 17 heavy (non-hydrogen) atoms. The van der Waals surface area contributed by atoms with Gasteiger partial charge in [-0.05, 0) is 50.6 Å². The molecule has 1 aromatic carbocycles. The Morgan fingerprint density at radius 1 is 1.29 bits per heavy atom. The summed E-state index contributed by atoms with van der Waals surface area (Å²) in [4.78, 5) is 2.54. The Kier molecular flexibility index (Phi) is 2.60. The zero-order valence-corrected chi connectivity index (χ0v) is 10.3. The highest BCUT2D eigenvalue weighted by molar-refractivity contribution is 5.35. The fourth-order valence-corrected chi connectivity index (χ4v) is 3.05. The number of nitrogens with zero attached hydrogens (tertiary/aromatic N) is 1. The Hall–Kier alpha value is -1.06. The van der Waals surface area contributed by atoms with E-state index in [1.165, 1.54) is 24.8 Å². The molecule has 1 aliphatic carbocycles. The van der Waals surface area contributed by atoms with Crippen LogP contribution in [-0.2, 0) is 5.54 Å². The molecule has 1 saturated heterocycles. The van der Waals surface area contributed by atoms with Crippen molar-refractivity contribution in [1.29, 1.82) is 0 Å². The fourth-order valence-electron chi connectivity index (χ4n) is 3.05. The van der Waals surface area contributed by atoms with E-state index in [2.05, 4.69) is 29.4 Å². The van der Waals surface area contributed by atoms with Gasteiger partial charge in [0.2, 0.25) is 0 Å². The summed E-state index contributed by atoms with van der Waals surface area (Å²) in [5.74, 6) is 0.356. The summed E-state index contributed by atoms with van der Waals surface area (Å²) in [6, 6.07) is 8.40. The van der Waals surface area contributed by atoms with Crippen molar-refractivity contribution in [3.05, 3.63) is 29.8 Å². The first-order valence-corrected chi connectivity index (χ1v) is 6.45. The number of aromatic hydroxyl groups is 1. The number of rotatable bonds is 3. The monoisotopic (exact) mass is 232 g/mol. The number of likely N-dealkylation sites (N-methyl/N-ethyl adjacent to an activating group) is 1. The lowest BCUT2D eigenvalue weighted by atomic mass is 10.0. The molecule has 0 amide bonds. The van der Waals surface area contributed by atoms with E-state index >= 15 is 0 Å². The zero-order chi connectivity index (χ0) is 11.9. The second kappa shape index (κ2) is 4.00. The van der Waals surface area contributed by atoms with Crippen LogP contribution in [0.5, 0.6) is 5.75 Å². The molecular weight excluding hydrogens is 212 g/mol. The molecule has 3 rings (SSSR count). The van der Waals surface area contributed by atoms with Crippen LogP contribution in [0, 0.1) is 0 Å². The standard InChI is InChI=1S/C14H20N2O/c1-16(12-6-9-15-10-12)14(7-8-14)11-2-4-13(17)5-3-11/h2-5,12,15,17H,6-10H2,1H3. The number of phenols is 1. The summed E-state index contributed by atoms with van der Waals surface area (Å²) >= 11 is 0. The molecule has 2 aliphatic rings. The molecule has 92 valence electrons. The van der Waals surface area contributed by atoms with Crippen molar-refractivity contribution in [1.82, 2.24) is 10.2 Å². The van der Waals surface area contributed by atoms with Crippen LogP contribution in [-0.4, -0.2) is 36.2 Å². The van der Waals surface area contributed by atoms with E-state index in [0.717, 1.165) is 13.1 Å². The lowest BCUT2D eigenvalue weighted by Gasteiger charge is -2.33. The molecule has 1 aliphatic heterocycles. The van der Waals surface area contributed by atoms with Gasteiger partial charge in [-0.2, -0.15) is 0 Å². The molecule has 3 heteroatoms.